The van der Waals surface area contributed by atoms with Gasteiger partial charge in [-0.15, -0.1) is 0 Å². The predicted octanol–water partition coefficient (Wildman–Crippen LogP) is 1.38. The fourth-order valence-corrected chi connectivity index (χ4v) is 2.91. The molecule has 1 aliphatic heterocycles. The van der Waals surface area contributed by atoms with Crippen molar-refractivity contribution in [3.8, 4) is 0 Å². The molecule has 0 atom stereocenters. The van der Waals surface area contributed by atoms with E-state index in [0.717, 1.165) is 5.56 Å². The Bertz CT molecular complexity index is 512. The smallest absolute Gasteiger partial charge is 0.214 e. The number of halogens is 1. The van der Waals surface area contributed by atoms with Gasteiger partial charge >= 0.3 is 0 Å². The van der Waals surface area contributed by atoms with Crippen LogP contribution in [-0.4, -0.2) is 37.7 Å². The molecular weight excluding hydrogens is 257 g/mol. The van der Waals surface area contributed by atoms with Crippen molar-refractivity contribution in [2.45, 2.75) is 19.6 Å². The highest BCUT2D eigenvalue weighted by atomic mass is 32.2. The molecule has 0 bridgehead atoms. The molecule has 0 amide bonds. The van der Waals surface area contributed by atoms with E-state index in [2.05, 4.69) is 0 Å². The standard InChI is InChI=1S/C12H16FNO3S/c1-2-18(15,16)14-7-12(8-14)17-9-10-4-3-5-11(13)6-10/h3-6,12H,2,7-9H2,1H3. The molecule has 1 aromatic carbocycles. The molecule has 1 fully saturated rings. The van der Waals surface area contributed by atoms with Gasteiger partial charge in [-0.3, -0.25) is 0 Å². The highest BCUT2D eigenvalue weighted by Gasteiger charge is 2.35. The maximum atomic E-state index is 12.9. The summed E-state index contributed by atoms with van der Waals surface area (Å²) in [6, 6.07) is 6.20. The van der Waals surface area contributed by atoms with Crippen LogP contribution in [0.25, 0.3) is 0 Å². The highest BCUT2D eigenvalue weighted by molar-refractivity contribution is 7.89. The number of benzene rings is 1. The lowest BCUT2D eigenvalue weighted by molar-refractivity contribution is -0.0295. The topological polar surface area (TPSA) is 46.6 Å². The van der Waals surface area contributed by atoms with E-state index in [-0.39, 0.29) is 17.7 Å². The third-order valence-electron chi connectivity index (χ3n) is 2.95. The lowest BCUT2D eigenvalue weighted by Gasteiger charge is -2.37. The summed E-state index contributed by atoms with van der Waals surface area (Å²) >= 11 is 0. The summed E-state index contributed by atoms with van der Waals surface area (Å²) in [4.78, 5) is 0. The van der Waals surface area contributed by atoms with Crippen LogP contribution in [0.3, 0.4) is 0 Å². The van der Waals surface area contributed by atoms with E-state index < -0.39 is 10.0 Å². The lowest BCUT2D eigenvalue weighted by Crippen LogP contribution is -2.54. The van der Waals surface area contributed by atoms with E-state index in [1.807, 2.05) is 0 Å². The highest BCUT2D eigenvalue weighted by Crippen LogP contribution is 2.18. The van der Waals surface area contributed by atoms with Gasteiger partial charge in [0.2, 0.25) is 10.0 Å². The van der Waals surface area contributed by atoms with Gasteiger partial charge in [0.05, 0.1) is 18.5 Å². The van der Waals surface area contributed by atoms with Crippen LogP contribution in [0.1, 0.15) is 12.5 Å². The summed E-state index contributed by atoms with van der Waals surface area (Å²) in [5.74, 6) is -0.177. The minimum atomic E-state index is -3.09. The van der Waals surface area contributed by atoms with Gasteiger partial charge < -0.3 is 4.74 Å². The van der Waals surface area contributed by atoms with Crippen LogP contribution >= 0.6 is 0 Å². The third kappa shape index (κ3) is 3.07. The van der Waals surface area contributed by atoms with Gasteiger partial charge in [-0.1, -0.05) is 12.1 Å². The molecule has 0 radical (unpaired) electrons. The Labute approximate surface area is 106 Å². The Morgan fingerprint density at radius 1 is 1.44 bits per heavy atom. The van der Waals surface area contributed by atoms with Crippen molar-refractivity contribution in [2.24, 2.45) is 0 Å². The number of nitrogens with zero attached hydrogens (tertiary/aromatic N) is 1. The monoisotopic (exact) mass is 273 g/mol. The molecule has 1 aromatic rings. The maximum Gasteiger partial charge on any atom is 0.214 e. The third-order valence-corrected chi connectivity index (χ3v) is 4.76. The molecule has 0 N–H and O–H groups in total. The zero-order valence-corrected chi connectivity index (χ0v) is 11.0. The van der Waals surface area contributed by atoms with Gasteiger partial charge in [0.15, 0.2) is 0 Å². The van der Waals surface area contributed by atoms with E-state index >= 15 is 0 Å². The van der Waals surface area contributed by atoms with Crippen molar-refractivity contribution in [1.29, 1.82) is 0 Å². The molecule has 1 saturated heterocycles. The average Bonchev–Trinajstić information content (AvgIpc) is 2.27. The fourth-order valence-electron chi connectivity index (χ4n) is 1.76. The van der Waals surface area contributed by atoms with Crippen LogP contribution < -0.4 is 0 Å². The molecule has 2 rings (SSSR count). The maximum absolute atomic E-state index is 12.9. The summed E-state index contributed by atoms with van der Waals surface area (Å²) < 4.78 is 42.8. The zero-order valence-electron chi connectivity index (χ0n) is 10.2. The molecule has 0 aromatic heterocycles. The minimum absolute atomic E-state index is 0.0883. The number of hydrogen-bond donors (Lipinski definition) is 0. The Kier molecular flexibility index (Phi) is 3.99. The van der Waals surface area contributed by atoms with Gasteiger partial charge in [-0.2, -0.15) is 4.31 Å². The minimum Gasteiger partial charge on any atom is -0.371 e. The Balaban J connectivity index is 1.78. The van der Waals surface area contributed by atoms with E-state index in [1.54, 1.807) is 19.1 Å². The molecule has 100 valence electrons. The van der Waals surface area contributed by atoms with Crippen molar-refractivity contribution in [1.82, 2.24) is 4.31 Å². The quantitative estimate of drug-likeness (QED) is 0.814. The molecule has 4 nitrogen and oxygen atoms in total. The molecule has 0 saturated carbocycles. The summed E-state index contributed by atoms with van der Waals surface area (Å²) in [5, 5.41) is 0. The second-order valence-electron chi connectivity index (χ2n) is 4.28. The van der Waals surface area contributed by atoms with Gasteiger partial charge in [-0.25, -0.2) is 12.8 Å². The van der Waals surface area contributed by atoms with Crippen molar-refractivity contribution in [3.63, 3.8) is 0 Å². The van der Waals surface area contributed by atoms with Crippen molar-refractivity contribution >= 4 is 10.0 Å². The number of rotatable bonds is 5. The average molecular weight is 273 g/mol. The van der Waals surface area contributed by atoms with Crippen LogP contribution in [0.2, 0.25) is 0 Å². The van der Waals surface area contributed by atoms with E-state index in [1.165, 1.54) is 16.4 Å². The first-order valence-electron chi connectivity index (χ1n) is 5.85. The Morgan fingerprint density at radius 3 is 2.78 bits per heavy atom. The molecule has 18 heavy (non-hydrogen) atoms. The first-order valence-corrected chi connectivity index (χ1v) is 7.46. The second-order valence-corrected chi connectivity index (χ2v) is 6.54. The Morgan fingerprint density at radius 2 is 2.17 bits per heavy atom. The van der Waals surface area contributed by atoms with E-state index in [0.29, 0.717) is 19.7 Å². The first-order chi connectivity index (χ1) is 8.51. The normalized spacial score (nSPS) is 17.7. The molecule has 6 heteroatoms. The van der Waals surface area contributed by atoms with Crippen LogP contribution in [0.4, 0.5) is 4.39 Å². The van der Waals surface area contributed by atoms with Gasteiger partial charge in [0.25, 0.3) is 0 Å². The molecule has 0 spiro atoms. The summed E-state index contributed by atoms with van der Waals surface area (Å²) in [5.41, 5.74) is 0.756. The summed E-state index contributed by atoms with van der Waals surface area (Å²) in [6.45, 7) is 2.72. The van der Waals surface area contributed by atoms with Crippen LogP contribution in [0, 0.1) is 5.82 Å². The van der Waals surface area contributed by atoms with Crippen molar-refractivity contribution < 1.29 is 17.5 Å². The van der Waals surface area contributed by atoms with Gasteiger partial charge in [0.1, 0.15) is 5.82 Å². The van der Waals surface area contributed by atoms with Gasteiger partial charge in [-0.05, 0) is 24.6 Å². The number of ether oxygens (including phenoxy) is 1. The summed E-state index contributed by atoms with van der Waals surface area (Å²) in [7, 11) is -3.09. The van der Waals surface area contributed by atoms with Crippen molar-refractivity contribution in [2.75, 3.05) is 18.8 Å². The number of sulfonamides is 1. The lowest BCUT2D eigenvalue weighted by atomic mass is 10.2. The molecular formula is C12H16FNO3S. The molecule has 1 aliphatic rings. The molecule has 1 heterocycles. The fraction of sp³-hybridized carbons (Fsp3) is 0.500. The van der Waals surface area contributed by atoms with Gasteiger partial charge in [0, 0.05) is 13.1 Å². The molecule has 0 unspecified atom stereocenters. The first kappa shape index (κ1) is 13.5. The van der Waals surface area contributed by atoms with Crippen molar-refractivity contribution in [3.05, 3.63) is 35.6 Å². The van der Waals surface area contributed by atoms with E-state index in [4.69, 9.17) is 4.74 Å². The zero-order chi connectivity index (χ0) is 13.2. The largest absolute Gasteiger partial charge is 0.371 e. The Hall–Kier alpha value is -0.980. The summed E-state index contributed by atoms with van der Waals surface area (Å²) in [6.07, 6.45) is -0.0883. The van der Waals surface area contributed by atoms with Crippen LogP contribution in [-0.2, 0) is 21.4 Å². The van der Waals surface area contributed by atoms with Crippen LogP contribution in [0.5, 0.6) is 0 Å². The second kappa shape index (κ2) is 5.34. The van der Waals surface area contributed by atoms with Crippen LogP contribution in [0.15, 0.2) is 24.3 Å². The van der Waals surface area contributed by atoms with E-state index in [9.17, 15) is 12.8 Å². The molecule has 0 aliphatic carbocycles. The number of hydrogen-bond acceptors (Lipinski definition) is 3. The predicted molar refractivity (Wildman–Crippen MR) is 66.0 cm³/mol. The SMILES string of the molecule is CCS(=O)(=O)N1CC(OCc2cccc(F)c2)C1.